The average molecular weight is 552 g/mol. The van der Waals surface area contributed by atoms with Gasteiger partial charge in [0.1, 0.15) is 18.3 Å². The van der Waals surface area contributed by atoms with Gasteiger partial charge in [-0.05, 0) is 69.2 Å². The highest BCUT2D eigenvalue weighted by molar-refractivity contribution is 7.92. The Morgan fingerprint density at radius 1 is 0.872 bits per heavy atom. The summed E-state index contributed by atoms with van der Waals surface area (Å²) in [6, 6.07) is 19.9. The average Bonchev–Trinajstić information content (AvgIpc) is 2.93. The van der Waals surface area contributed by atoms with Gasteiger partial charge in [-0.3, -0.25) is 13.9 Å². The van der Waals surface area contributed by atoms with Gasteiger partial charge in [0.2, 0.25) is 11.8 Å². The zero-order valence-corrected chi connectivity index (χ0v) is 24.0. The molecular weight excluding hydrogens is 514 g/mol. The molecule has 0 aliphatic heterocycles. The molecule has 0 aliphatic rings. The third-order valence-electron chi connectivity index (χ3n) is 6.46. The number of methoxy groups -OCH3 is 1. The summed E-state index contributed by atoms with van der Waals surface area (Å²) in [6.07, 6.45) is 0.372. The fraction of sp³-hybridized carbons (Fsp3) is 0.333. The van der Waals surface area contributed by atoms with Crippen LogP contribution in [0, 0.1) is 13.8 Å². The van der Waals surface area contributed by atoms with Gasteiger partial charge in [0, 0.05) is 13.1 Å². The van der Waals surface area contributed by atoms with Gasteiger partial charge in [0.05, 0.1) is 17.7 Å². The molecule has 0 spiro atoms. The van der Waals surface area contributed by atoms with Crippen molar-refractivity contribution in [3.63, 3.8) is 0 Å². The van der Waals surface area contributed by atoms with Crippen LogP contribution in [0.25, 0.3) is 0 Å². The number of aryl methyl sites for hydroxylation is 2. The van der Waals surface area contributed by atoms with Crippen LogP contribution in [0.2, 0.25) is 0 Å². The normalized spacial score (nSPS) is 11.9. The number of likely N-dealkylation sites (N-methyl/N-ethyl adjacent to an activating group) is 1. The summed E-state index contributed by atoms with van der Waals surface area (Å²) in [5, 5.41) is 2.81. The maximum Gasteiger partial charge on any atom is 0.264 e. The fourth-order valence-corrected chi connectivity index (χ4v) is 5.63. The van der Waals surface area contributed by atoms with Crippen molar-refractivity contribution in [3.8, 4) is 5.75 Å². The highest BCUT2D eigenvalue weighted by atomic mass is 32.2. The van der Waals surface area contributed by atoms with Gasteiger partial charge in [-0.2, -0.15) is 0 Å². The molecule has 0 aliphatic carbocycles. The zero-order chi connectivity index (χ0) is 28.6. The first-order valence-electron chi connectivity index (χ1n) is 13.0. The minimum absolute atomic E-state index is 0.0672. The lowest BCUT2D eigenvalue weighted by molar-refractivity contribution is -0.140. The van der Waals surface area contributed by atoms with Crippen molar-refractivity contribution in [3.05, 3.63) is 89.5 Å². The van der Waals surface area contributed by atoms with Crippen molar-refractivity contribution in [2.75, 3.05) is 24.5 Å². The monoisotopic (exact) mass is 551 g/mol. The van der Waals surface area contributed by atoms with Crippen molar-refractivity contribution < 1.29 is 22.7 Å². The molecule has 0 aromatic heterocycles. The van der Waals surface area contributed by atoms with E-state index < -0.39 is 28.5 Å². The number of amides is 2. The van der Waals surface area contributed by atoms with E-state index in [-0.39, 0.29) is 17.3 Å². The number of sulfonamides is 1. The molecule has 0 heterocycles. The number of rotatable bonds is 12. The number of hydrogen-bond donors (Lipinski definition) is 1. The van der Waals surface area contributed by atoms with E-state index in [1.165, 1.54) is 24.1 Å². The molecule has 208 valence electrons. The molecule has 0 radical (unpaired) electrons. The Labute approximate surface area is 231 Å². The lowest BCUT2D eigenvalue weighted by atomic mass is 10.1. The second kappa shape index (κ2) is 13.3. The number of benzene rings is 3. The highest BCUT2D eigenvalue weighted by Crippen LogP contribution is 2.27. The first-order valence-corrected chi connectivity index (χ1v) is 14.4. The molecule has 0 saturated heterocycles. The smallest absolute Gasteiger partial charge is 0.264 e. The highest BCUT2D eigenvalue weighted by Gasteiger charge is 2.33. The van der Waals surface area contributed by atoms with Crippen LogP contribution in [0.15, 0.2) is 77.7 Å². The summed E-state index contributed by atoms with van der Waals surface area (Å²) >= 11 is 0. The molecule has 0 bridgehead atoms. The van der Waals surface area contributed by atoms with E-state index in [1.54, 1.807) is 36.4 Å². The number of carbonyl (C=O) groups excluding carboxylic acids is 2. The van der Waals surface area contributed by atoms with Crippen LogP contribution in [0.3, 0.4) is 0 Å². The number of ether oxygens (including phenoxy) is 1. The van der Waals surface area contributed by atoms with Gasteiger partial charge < -0.3 is 15.0 Å². The molecule has 1 N–H and O–H groups in total. The molecule has 2 amide bonds. The summed E-state index contributed by atoms with van der Waals surface area (Å²) in [6.45, 7) is 7.59. The van der Waals surface area contributed by atoms with Crippen LogP contribution in [0.4, 0.5) is 5.69 Å². The molecule has 9 heteroatoms. The SMILES string of the molecule is CCNC(=O)[C@@H](CC)N(Cc1ccc(C)cc1)C(=O)CN(c1ccc(OC)cc1)S(=O)(=O)c1ccc(C)cc1. The molecule has 0 unspecified atom stereocenters. The molecule has 8 nitrogen and oxygen atoms in total. The fourth-order valence-electron chi connectivity index (χ4n) is 4.22. The number of anilines is 1. The van der Waals surface area contributed by atoms with Crippen LogP contribution in [-0.4, -0.2) is 51.4 Å². The first-order chi connectivity index (χ1) is 18.6. The van der Waals surface area contributed by atoms with E-state index in [0.29, 0.717) is 24.4 Å². The van der Waals surface area contributed by atoms with Crippen molar-refractivity contribution in [1.82, 2.24) is 10.2 Å². The summed E-state index contributed by atoms with van der Waals surface area (Å²) in [5.74, 6) is -0.209. The van der Waals surface area contributed by atoms with E-state index in [0.717, 1.165) is 21.0 Å². The molecular formula is C30H37N3O5S. The Morgan fingerprint density at radius 3 is 1.95 bits per heavy atom. The predicted molar refractivity (Wildman–Crippen MR) is 153 cm³/mol. The number of carbonyl (C=O) groups is 2. The van der Waals surface area contributed by atoms with Gasteiger partial charge >= 0.3 is 0 Å². The van der Waals surface area contributed by atoms with Crippen molar-refractivity contribution in [2.45, 2.75) is 51.6 Å². The van der Waals surface area contributed by atoms with Crippen LogP contribution in [0.1, 0.15) is 37.0 Å². The maximum atomic E-state index is 14.0. The second-order valence-corrected chi connectivity index (χ2v) is 11.2. The molecule has 39 heavy (non-hydrogen) atoms. The van der Waals surface area contributed by atoms with Crippen LogP contribution in [0.5, 0.6) is 5.75 Å². The van der Waals surface area contributed by atoms with Gasteiger partial charge in [-0.1, -0.05) is 54.4 Å². The second-order valence-electron chi connectivity index (χ2n) is 9.35. The molecule has 3 rings (SSSR count). The summed E-state index contributed by atoms with van der Waals surface area (Å²) in [5.41, 5.74) is 3.14. The third kappa shape index (κ3) is 7.38. The first kappa shape index (κ1) is 29.7. The van der Waals surface area contributed by atoms with Gasteiger partial charge in [-0.25, -0.2) is 8.42 Å². The minimum Gasteiger partial charge on any atom is -0.497 e. The molecule has 3 aromatic rings. The Morgan fingerprint density at radius 2 is 1.44 bits per heavy atom. The topological polar surface area (TPSA) is 96.0 Å². The Balaban J connectivity index is 2.05. The quantitative estimate of drug-likeness (QED) is 0.359. The largest absolute Gasteiger partial charge is 0.497 e. The van der Waals surface area contributed by atoms with E-state index in [4.69, 9.17) is 4.74 Å². The van der Waals surface area contributed by atoms with Crippen LogP contribution < -0.4 is 14.4 Å². The maximum absolute atomic E-state index is 14.0. The van der Waals surface area contributed by atoms with Gasteiger partial charge in [0.25, 0.3) is 10.0 Å². The van der Waals surface area contributed by atoms with Crippen molar-refractivity contribution in [1.29, 1.82) is 0 Å². The van der Waals surface area contributed by atoms with E-state index in [2.05, 4.69) is 5.32 Å². The lowest BCUT2D eigenvalue weighted by Crippen LogP contribution is -2.52. The number of hydrogen-bond acceptors (Lipinski definition) is 5. The van der Waals surface area contributed by atoms with E-state index in [9.17, 15) is 18.0 Å². The van der Waals surface area contributed by atoms with Crippen LogP contribution >= 0.6 is 0 Å². The number of nitrogens with one attached hydrogen (secondary N) is 1. The van der Waals surface area contributed by atoms with E-state index >= 15 is 0 Å². The summed E-state index contributed by atoms with van der Waals surface area (Å²) in [4.78, 5) is 28.5. The summed E-state index contributed by atoms with van der Waals surface area (Å²) < 4.78 is 34.1. The molecule has 0 saturated carbocycles. The van der Waals surface area contributed by atoms with Crippen molar-refractivity contribution in [2.24, 2.45) is 0 Å². The molecule has 1 atom stereocenters. The standard InChI is InChI=1S/C30H37N3O5S/c1-6-28(30(35)31-7-2)32(20-24-12-8-22(3)9-13-24)29(34)21-33(25-14-16-26(38-5)17-15-25)39(36,37)27-18-10-23(4)11-19-27/h8-19,28H,6-7,20-21H2,1-5H3,(H,31,35)/t28-/m1/s1. The third-order valence-corrected chi connectivity index (χ3v) is 8.25. The minimum atomic E-state index is -4.12. The lowest BCUT2D eigenvalue weighted by Gasteiger charge is -2.33. The van der Waals surface area contributed by atoms with Crippen molar-refractivity contribution >= 4 is 27.5 Å². The van der Waals surface area contributed by atoms with Gasteiger partial charge in [0.15, 0.2) is 0 Å². The van der Waals surface area contributed by atoms with Gasteiger partial charge in [-0.15, -0.1) is 0 Å². The number of nitrogens with zero attached hydrogens (tertiary/aromatic N) is 2. The molecule has 0 fully saturated rings. The Hall–Kier alpha value is -3.85. The summed E-state index contributed by atoms with van der Waals surface area (Å²) in [7, 11) is -2.59. The van der Waals surface area contributed by atoms with E-state index in [1.807, 2.05) is 52.0 Å². The molecule has 3 aromatic carbocycles. The van der Waals surface area contributed by atoms with Crippen LogP contribution in [-0.2, 0) is 26.2 Å². The zero-order valence-electron chi connectivity index (χ0n) is 23.2. The predicted octanol–water partition coefficient (Wildman–Crippen LogP) is 4.45. The Kier molecular flexibility index (Phi) is 10.1. The Bertz CT molecular complexity index is 1360.